The minimum atomic E-state index is -0.396. The van der Waals surface area contributed by atoms with Gasteiger partial charge in [-0.3, -0.25) is 4.79 Å². The van der Waals surface area contributed by atoms with Crippen LogP contribution in [-0.4, -0.2) is 18.5 Å². The second kappa shape index (κ2) is 3.31. The van der Waals surface area contributed by atoms with Crippen molar-refractivity contribution in [2.45, 2.75) is 12.5 Å². The molecule has 0 radical (unpaired) electrons. The number of nitrogens with one attached hydrogen (secondary N) is 1. The topological polar surface area (TPSA) is 81.1 Å². The highest BCUT2D eigenvalue weighted by atomic mass is 16.1. The van der Waals surface area contributed by atoms with Gasteiger partial charge >= 0.3 is 0 Å². The summed E-state index contributed by atoms with van der Waals surface area (Å²) in [6.45, 7) is 0.781. The van der Waals surface area contributed by atoms with Crippen LogP contribution < -0.4 is 16.8 Å². The molecule has 74 valence electrons. The molecule has 0 unspecified atom stereocenters. The summed E-state index contributed by atoms with van der Waals surface area (Å²) in [5, 5.41) is 3.20. The van der Waals surface area contributed by atoms with Crippen LogP contribution in [0.25, 0.3) is 0 Å². The van der Waals surface area contributed by atoms with Gasteiger partial charge in [-0.05, 0) is 30.2 Å². The summed E-state index contributed by atoms with van der Waals surface area (Å²) in [6, 6.07) is 5.53. The van der Waals surface area contributed by atoms with Crippen LogP contribution in [-0.2, 0) is 6.42 Å². The molecule has 1 aliphatic heterocycles. The maximum Gasteiger partial charge on any atom is 0.248 e. The molecule has 1 atom stereocenters. The molecule has 0 saturated heterocycles. The monoisotopic (exact) mass is 191 g/mol. The van der Waals surface area contributed by atoms with Crippen LogP contribution in [0.2, 0.25) is 0 Å². The van der Waals surface area contributed by atoms with E-state index in [1.54, 1.807) is 6.07 Å². The number of anilines is 1. The molecule has 0 fully saturated rings. The molecular formula is C10H13N3O. The second-order valence-electron chi connectivity index (χ2n) is 3.58. The number of nitrogens with two attached hydrogens (primary N) is 2. The van der Waals surface area contributed by atoms with Crippen LogP contribution in [0.5, 0.6) is 0 Å². The zero-order valence-corrected chi connectivity index (χ0v) is 7.79. The summed E-state index contributed by atoms with van der Waals surface area (Å²) >= 11 is 0. The van der Waals surface area contributed by atoms with Crippen molar-refractivity contribution >= 4 is 11.6 Å². The minimum Gasteiger partial charge on any atom is -0.383 e. The Kier molecular flexibility index (Phi) is 2.13. The highest BCUT2D eigenvalue weighted by Crippen LogP contribution is 2.22. The van der Waals surface area contributed by atoms with Crippen molar-refractivity contribution in [2.24, 2.45) is 11.5 Å². The van der Waals surface area contributed by atoms with Gasteiger partial charge in [0.1, 0.15) is 0 Å². The predicted molar refractivity (Wildman–Crippen MR) is 55.1 cm³/mol. The zero-order valence-electron chi connectivity index (χ0n) is 7.79. The Morgan fingerprint density at radius 2 is 2.29 bits per heavy atom. The lowest BCUT2D eigenvalue weighted by molar-refractivity contribution is 0.1000. The normalized spacial score (nSPS) is 19.6. The first-order valence-corrected chi connectivity index (χ1v) is 4.59. The molecule has 4 nitrogen and oxygen atoms in total. The van der Waals surface area contributed by atoms with E-state index >= 15 is 0 Å². The van der Waals surface area contributed by atoms with Crippen molar-refractivity contribution in [2.75, 3.05) is 11.9 Å². The van der Waals surface area contributed by atoms with E-state index in [9.17, 15) is 4.79 Å². The lowest BCUT2D eigenvalue weighted by atomic mass is 9.98. The van der Waals surface area contributed by atoms with Gasteiger partial charge in [0.25, 0.3) is 0 Å². The molecule has 14 heavy (non-hydrogen) atoms. The molecule has 2 rings (SSSR count). The lowest BCUT2D eigenvalue weighted by Crippen LogP contribution is -2.35. The minimum absolute atomic E-state index is 0.116. The number of fused-ring (bicyclic) bond motifs is 1. The fraction of sp³-hybridized carbons (Fsp3) is 0.300. The number of rotatable bonds is 1. The largest absolute Gasteiger partial charge is 0.383 e. The molecule has 4 heteroatoms. The molecule has 0 spiro atoms. The highest BCUT2D eigenvalue weighted by molar-refractivity contribution is 5.93. The molecule has 1 aliphatic rings. The Morgan fingerprint density at radius 3 is 3.00 bits per heavy atom. The SMILES string of the molecule is NC(=O)c1ccc2c(c1)C[C@@H](N)CN2. The molecule has 0 saturated carbocycles. The predicted octanol–water partition coefficient (Wildman–Crippen LogP) is 0.0808. The van der Waals surface area contributed by atoms with E-state index < -0.39 is 5.91 Å². The Labute approximate surface area is 82.3 Å². The van der Waals surface area contributed by atoms with Gasteiger partial charge in [-0.1, -0.05) is 0 Å². The maximum atomic E-state index is 10.9. The van der Waals surface area contributed by atoms with Gasteiger partial charge in [-0.25, -0.2) is 0 Å². The number of hydrogen-bond donors (Lipinski definition) is 3. The molecule has 0 aliphatic carbocycles. The molecule has 1 aromatic rings. The standard InChI is InChI=1S/C10H13N3O/c11-8-4-7-3-6(10(12)14)1-2-9(7)13-5-8/h1-3,8,13H,4-5,11H2,(H2,12,14)/t8-/m1/s1. The fourth-order valence-electron chi connectivity index (χ4n) is 1.68. The molecule has 1 heterocycles. The number of primary amides is 1. The third kappa shape index (κ3) is 1.56. The number of hydrogen-bond acceptors (Lipinski definition) is 3. The maximum absolute atomic E-state index is 10.9. The highest BCUT2D eigenvalue weighted by Gasteiger charge is 2.15. The molecule has 1 aromatic carbocycles. The van der Waals surface area contributed by atoms with Gasteiger partial charge in [0.05, 0.1) is 0 Å². The Hall–Kier alpha value is -1.55. The van der Waals surface area contributed by atoms with Crippen molar-refractivity contribution in [1.29, 1.82) is 0 Å². The Bertz CT molecular complexity index is 376. The van der Waals surface area contributed by atoms with Gasteiger partial charge < -0.3 is 16.8 Å². The van der Waals surface area contributed by atoms with Gasteiger partial charge in [-0.15, -0.1) is 0 Å². The van der Waals surface area contributed by atoms with Gasteiger partial charge in [0.2, 0.25) is 5.91 Å². The van der Waals surface area contributed by atoms with Crippen LogP contribution in [0.4, 0.5) is 5.69 Å². The van der Waals surface area contributed by atoms with Crippen molar-refractivity contribution in [3.63, 3.8) is 0 Å². The number of carbonyl (C=O) groups excluding carboxylic acids is 1. The first kappa shape index (κ1) is 9.02. The van der Waals surface area contributed by atoms with Crippen molar-refractivity contribution in [3.8, 4) is 0 Å². The summed E-state index contributed by atoms with van der Waals surface area (Å²) < 4.78 is 0. The third-order valence-corrected chi connectivity index (χ3v) is 2.43. The van der Waals surface area contributed by atoms with Crippen molar-refractivity contribution in [3.05, 3.63) is 29.3 Å². The zero-order chi connectivity index (χ0) is 10.1. The number of amides is 1. The van der Waals surface area contributed by atoms with E-state index in [4.69, 9.17) is 11.5 Å². The van der Waals surface area contributed by atoms with E-state index in [1.165, 1.54) is 0 Å². The smallest absolute Gasteiger partial charge is 0.248 e. The number of benzene rings is 1. The first-order valence-electron chi connectivity index (χ1n) is 4.59. The van der Waals surface area contributed by atoms with Gasteiger partial charge in [-0.2, -0.15) is 0 Å². The van der Waals surface area contributed by atoms with Crippen LogP contribution in [0.3, 0.4) is 0 Å². The summed E-state index contributed by atoms with van der Waals surface area (Å²) in [5.41, 5.74) is 13.7. The molecular weight excluding hydrogens is 178 g/mol. The van der Waals surface area contributed by atoms with Gasteiger partial charge in [0.15, 0.2) is 0 Å². The van der Waals surface area contributed by atoms with Crippen LogP contribution in [0.15, 0.2) is 18.2 Å². The van der Waals surface area contributed by atoms with Crippen molar-refractivity contribution < 1.29 is 4.79 Å². The average Bonchev–Trinajstić information content (AvgIpc) is 2.16. The van der Waals surface area contributed by atoms with E-state index in [0.29, 0.717) is 5.56 Å². The first-order chi connectivity index (χ1) is 6.66. The third-order valence-electron chi connectivity index (χ3n) is 2.43. The van der Waals surface area contributed by atoms with Gasteiger partial charge in [0, 0.05) is 23.8 Å². The van der Waals surface area contributed by atoms with E-state index in [0.717, 1.165) is 24.2 Å². The van der Waals surface area contributed by atoms with Crippen molar-refractivity contribution in [1.82, 2.24) is 0 Å². The van der Waals surface area contributed by atoms with Crippen LogP contribution >= 0.6 is 0 Å². The lowest BCUT2D eigenvalue weighted by Gasteiger charge is -2.23. The number of carbonyl (C=O) groups is 1. The van der Waals surface area contributed by atoms with Crippen LogP contribution in [0, 0.1) is 0 Å². The average molecular weight is 191 g/mol. The summed E-state index contributed by atoms with van der Waals surface area (Å²) in [7, 11) is 0. The Morgan fingerprint density at radius 1 is 1.50 bits per heavy atom. The molecule has 0 bridgehead atoms. The molecule has 1 amide bonds. The Balaban J connectivity index is 2.37. The summed E-state index contributed by atoms with van der Waals surface area (Å²) in [6.07, 6.45) is 0.795. The fourth-order valence-corrected chi connectivity index (χ4v) is 1.68. The van der Waals surface area contributed by atoms with E-state index in [-0.39, 0.29) is 6.04 Å². The molecule has 0 aromatic heterocycles. The van der Waals surface area contributed by atoms with E-state index in [2.05, 4.69) is 5.32 Å². The quantitative estimate of drug-likeness (QED) is 0.588. The van der Waals surface area contributed by atoms with E-state index in [1.807, 2.05) is 12.1 Å². The summed E-state index contributed by atoms with van der Waals surface area (Å²) in [5.74, 6) is -0.396. The molecule has 5 N–H and O–H groups in total. The second-order valence-corrected chi connectivity index (χ2v) is 3.58. The summed E-state index contributed by atoms with van der Waals surface area (Å²) in [4.78, 5) is 10.9. The van der Waals surface area contributed by atoms with Crippen LogP contribution in [0.1, 0.15) is 15.9 Å².